The van der Waals surface area contributed by atoms with E-state index in [1.54, 1.807) is 0 Å². The summed E-state index contributed by atoms with van der Waals surface area (Å²) in [6.45, 7) is 2.64. The normalized spacial score (nSPS) is 15.3. The van der Waals surface area contributed by atoms with Gasteiger partial charge in [-0.3, -0.25) is 0 Å². The number of halogens is 1. The summed E-state index contributed by atoms with van der Waals surface area (Å²) in [7, 11) is 0. The summed E-state index contributed by atoms with van der Waals surface area (Å²) in [5.74, 6) is 0.826. The first-order valence-corrected chi connectivity index (χ1v) is 7.10. The minimum atomic E-state index is -0.704. The second kappa shape index (κ2) is 4.57. The van der Waals surface area contributed by atoms with Gasteiger partial charge in [0.1, 0.15) is 11.9 Å². The molecule has 0 saturated heterocycles. The molecule has 0 radical (unpaired) electrons. The van der Waals surface area contributed by atoms with Gasteiger partial charge in [-0.05, 0) is 23.4 Å². The molecule has 2 heterocycles. The number of aliphatic hydroxyl groups excluding tert-OH is 1. The van der Waals surface area contributed by atoms with E-state index in [0.29, 0.717) is 11.6 Å². The Morgan fingerprint density at radius 1 is 1.44 bits per heavy atom. The summed E-state index contributed by atoms with van der Waals surface area (Å²) in [5, 5.41) is 13.1. The Morgan fingerprint density at radius 3 is 3.00 bits per heavy atom. The third-order valence-corrected chi connectivity index (χ3v) is 4.98. The summed E-state index contributed by atoms with van der Waals surface area (Å²) in [5.41, 5.74) is 2.98. The lowest BCUT2D eigenvalue weighted by Crippen LogP contribution is -2.01. The van der Waals surface area contributed by atoms with Gasteiger partial charge in [-0.15, -0.1) is 11.3 Å². The molecule has 0 bridgehead atoms. The van der Waals surface area contributed by atoms with Crippen LogP contribution in [-0.2, 0) is 6.42 Å². The van der Waals surface area contributed by atoms with Crippen LogP contribution in [0.2, 0.25) is 5.02 Å². The van der Waals surface area contributed by atoms with Crippen LogP contribution in [0.4, 0.5) is 0 Å². The van der Waals surface area contributed by atoms with E-state index in [-0.39, 0.29) is 0 Å². The fraction of sp³-hybridized carbons (Fsp3) is 0.286. The lowest BCUT2D eigenvalue weighted by molar-refractivity contribution is 0.217. The SMILES string of the molecule is Cc1csc(C(O)c2cccc3c2OCC3)c1Cl. The van der Waals surface area contributed by atoms with Crippen LogP contribution < -0.4 is 4.74 Å². The maximum atomic E-state index is 10.5. The van der Waals surface area contributed by atoms with E-state index < -0.39 is 6.10 Å². The van der Waals surface area contributed by atoms with Crippen LogP contribution in [0.5, 0.6) is 5.75 Å². The van der Waals surface area contributed by atoms with Crippen LogP contribution in [0.1, 0.15) is 27.7 Å². The largest absolute Gasteiger partial charge is 0.493 e. The first-order valence-electron chi connectivity index (χ1n) is 5.84. The Labute approximate surface area is 115 Å². The predicted octanol–water partition coefficient (Wildman–Crippen LogP) is 3.73. The molecule has 0 spiro atoms. The molecular weight excluding hydrogens is 268 g/mol. The monoisotopic (exact) mass is 280 g/mol. The highest BCUT2D eigenvalue weighted by Gasteiger charge is 2.24. The minimum Gasteiger partial charge on any atom is -0.493 e. The fourth-order valence-electron chi connectivity index (χ4n) is 2.23. The standard InChI is InChI=1S/C14H13ClO2S/c1-8-7-18-14(11(8)15)12(16)10-4-2-3-9-5-6-17-13(9)10/h2-4,7,12,16H,5-6H2,1H3. The van der Waals surface area contributed by atoms with E-state index in [9.17, 15) is 5.11 Å². The quantitative estimate of drug-likeness (QED) is 0.908. The number of aryl methyl sites for hydroxylation is 1. The van der Waals surface area contributed by atoms with Gasteiger partial charge >= 0.3 is 0 Å². The Hall–Kier alpha value is -1.03. The van der Waals surface area contributed by atoms with Gasteiger partial charge < -0.3 is 9.84 Å². The van der Waals surface area contributed by atoms with Crippen LogP contribution >= 0.6 is 22.9 Å². The molecule has 0 amide bonds. The number of hydrogen-bond acceptors (Lipinski definition) is 3. The van der Waals surface area contributed by atoms with Crippen molar-refractivity contribution in [1.29, 1.82) is 0 Å². The Kier molecular flexibility index (Phi) is 3.06. The van der Waals surface area contributed by atoms with Gasteiger partial charge in [-0.25, -0.2) is 0 Å². The Balaban J connectivity index is 2.05. The molecule has 2 nitrogen and oxygen atoms in total. The van der Waals surface area contributed by atoms with E-state index in [2.05, 4.69) is 0 Å². The maximum absolute atomic E-state index is 10.5. The molecule has 3 rings (SSSR count). The van der Waals surface area contributed by atoms with Crippen molar-refractivity contribution in [3.05, 3.63) is 50.2 Å². The molecule has 1 atom stereocenters. The number of thiophene rings is 1. The van der Waals surface area contributed by atoms with Crippen molar-refractivity contribution in [3.8, 4) is 5.75 Å². The Bertz CT molecular complexity index is 591. The number of hydrogen-bond donors (Lipinski definition) is 1. The molecule has 1 aliphatic heterocycles. The number of para-hydroxylation sites is 1. The number of fused-ring (bicyclic) bond motifs is 1. The van der Waals surface area contributed by atoms with Crippen LogP contribution in [0.25, 0.3) is 0 Å². The second-order valence-corrected chi connectivity index (χ2v) is 5.72. The van der Waals surface area contributed by atoms with Crippen LogP contribution in [0.3, 0.4) is 0 Å². The van der Waals surface area contributed by atoms with Crippen LogP contribution in [0, 0.1) is 6.92 Å². The minimum absolute atomic E-state index is 0.656. The molecule has 0 aliphatic carbocycles. The second-order valence-electron chi connectivity index (χ2n) is 4.43. The molecule has 1 aromatic carbocycles. The summed E-state index contributed by atoms with van der Waals surface area (Å²) in [4.78, 5) is 0.790. The molecule has 1 unspecified atom stereocenters. The van der Waals surface area contributed by atoms with Crippen molar-refractivity contribution in [3.63, 3.8) is 0 Å². The van der Waals surface area contributed by atoms with Crippen molar-refractivity contribution in [2.75, 3.05) is 6.61 Å². The first kappa shape index (κ1) is 12.0. The molecule has 0 fully saturated rings. The zero-order chi connectivity index (χ0) is 12.7. The molecular formula is C14H13ClO2S. The van der Waals surface area contributed by atoms with E-state index in [0.717, 1.165) is 33.7 Å². The van der Waals surface area contributed by atoms with E-state index >= 15 is 0 Å². The van der Waals surface area contributed by atoms with E-state index in [4.69, 9.17) is 16.3 Å². The van der Waals surface area contributed by atoms with Crippen molar-refractivity contribution < 1.29 is 9.84 Å². The number of benzene rings is 1. The first-order chi connectivity index (χ1) is 8.68. The highest BCUT2D eigenvalue weighted by molar-refractivity contribution is 7.10. The summed E-state index contributed by atoms with van der Waals surface area (Å²) in [6, 6.07) is 5.90. The van der Waals surface area contributed by atoms with Gasteiger partial charge in [-0.1, -0.05) is 29.8 Å². The summed E-state index contributed by atoms with van der Waals surface area (Å²) in [6.07, 6.45) is 0.205. The molecule has 0 saturated carbocycles. The molecule has 1 aromatic heterocycles. The molecule has 2 aromatic rings. The zero-order valence-corrected chi connectivity index (χ0v) is 11.5. The smallest absolute Gasteiger partial charge is 0.128 e. The van der Waals surface area contributed by atoms with Gasteiger partial charge in [-0.2, -0.15) is 0 Å². The zero-order valence-electron chi connectivity index (χ0n) is 9.94. The van der Waals surface area contributed by atoms with Gasteiger partial charge in [0.2, 0.25) is 0 Å². The molecule has 1 aliphatic rings. The lowest BCUT2D eigenvalue weighted by Gasteiger charge is -2.14. The van der Waals surface area contributed by atoms with Gasteiger partial charge in [0.25, 0.3) is 0 Å². The Morgan fingerprint density at radius 2 is 2.28 bits per heavy atom. The highest BCUT2D eigenvalue weighted by atomic mass is 35.5. The van der Waals surface area contributed by atoms with Crippen LogP contribution in [-0.4, -0.2) is 11.7 Å². The van der Waals surface area contributed by atoms with Crippen molar-refractivity contribution in [2.45, 2.75) is 19.4 Å². The number of rotatable bonds is 2. The van der Waals surface area contributed by atoms with Gasteiger partial charge in [0, 0.05) is 12.0 Å². The average molecular weight is 281 g/mol. The van der Waals surface area contributed by atoms with Crippen molar-refractivity contribution in [1.82, 2.24) is 0 Å². The number of aliphatic hydroxyl groups is 1. The predicted molar refractivity (Wildman–Crippen MR) is 73.8 cm³/mol. The van der Waals surface area contributed by atoms with Gasteiger partial charge in [0.15, 0.2) is 0 Å². The molecule has 4 heteroatoms. The molecule has 1 N–H and O–H groups in total. The highest BCUT2D eigenvalue weighted by Crippen LogP contribution is 2.41. The lowest BCUT2D eigenvalue weighted by atomic mass is 10.0. The van der Waals surface area contributed by atoms with Crippen molar-refractivity contribution in [2.24, 2.45) is 0 Å². The third kappa shape index (κ3) is 1.83. The van der Waals surface area contributed by atoms with E-state index in [1.165, 1.54) is 11.3 Å². The topological polar surface area (TPSA) is 29.5 Å². The number of ether oxygens (including phenoxy) is 1. The molecule has 18 heavy (non-hydrogen) atoms. The van der Waals surface area contributed by atoms with E-state index in [1.807, 2.05) is 30.5 Å². The third-order valence-electron chi connectivity index (χ3n) is 3.21. The van der Waals surface area contributed by atoms with Crippen LogP contribution in [0.15, 0.2) is 23.6 Å². The molecule has 94 valence electrons. The fourth-order valence-corrected chi connectivity index (χ4v) is 3.53. The summed E-state index contributed by atoms with van der Waals surface area (Å²) >= 11 is 7.70. The van der Waals surface area contributed by atoms with Crippen molar-refractivity contribution >= 4 is 22.9 Å². The average Bonchev–Trinajstić information content (AvgIpc) is 2.96. The maximum Gasteiger partial charge on any atom is 0.128 e. The summed E-state index contributed by atoms with van der Waals surface area (Å²) < 4.78 is 5.62. The van der Waals surface area contributed by atoms with Gasteiger partial charge in [0.05, 0.1) is 16.5 Å².